The fraction of sp³-hybridized carbons (Fsp3) is 0.429. The summed E-state index contributed by atoms with van der Waals surface area (Å²) < 4.78 is 0. The zero-order chi connectivity index (χ0) is 13.4. The Morgan fingerprint density at radius 2 is 2.21 bits per heavy atom. The highest BCUT2D eigenvalue weighted by Crippen LogP contribution is 2.31. The molecule has 2 heterocycles. The molecule has 0 bridgehead atoms. The molecule has 4 nitrogen and oxygen atoms in total. The van der Waals surface area contributed by atoms with Gasteiger partial charge in [-0.15, -0.1) is 0 Å². The van der Waals surface area contributed by atoms with Gasteiger partial charge < -0.3 is 10.6 Å². The SMILES string of the molecule is O=C1Cc2cc(C(=O)C3CCCNC3)c(Cl)cc2N1. The zero-order valence-electron chi connectivity index (χ0n) is 10.5. The van der Waals surface area contributed by atoms with Crippen molar-refractivity contribution in [2.45, 2.75) is 19.3 Å². The molecule has 0 aromatic heterocycles. The molecule has 19 heavy (non-hydrogen) atoms. The Hall–Kier alpha value is -1.39. The number of amides is 1. The van der Waals surface area contributed by atoms with E-state index in [4.69, 9.17) is 11.6 Å². The Morgan fingerprint density at radius 3 is 2.95 bits per heavy atom. The lowest BCUT2D eigenvalue weighted by Gasteiger charge is -2.22. The number of fused-ring (bicyclic) bond motifs is 1. The third-order valence-electron chi connectivity index (χ3n) is 3.75. The van der Waals surface area contributed by atoms with Crippen molar-refractivity contribution < 1.29 is 9.59 Å². The Morgan fingerprint density at radius 1 is 1.37 bits per heavy atom. The normalized spacial score (nSPS) is 21.9. The van der Waals surface area contributed by atoms with Crippen molar-refractivity contribution >= 4 is 29.0 Å². The van der Waals surface area contributed by atoms with Crippen molar-refractivity contribution in [2.24, 2.45) is 5.92 Å². The number of ketones is 1. The Labute approximate surface area is 116 Å². The lowest BCUT2D eigenvalue weighted by molar-refractivity contribution is -0.115. The van der Waals surface area contributed by atoms with E-state index in [-0.39, 0.29) is 17.6 Å². The quantitative estimate of drug-likeness (QED) is 0.814. The van der Waals surface area contributed by atoms with Crippen LogP contribution in [0.2, 0.25) is 5.02 Å². The van der Waals surface area contributed by atoms with Gasteiger partial charge in [-0.25, -0.2) is 0 Å². The second kappa shape index (κ2) is 4.94. The van der Waals surface area contributed by atoms with Crippen LogP contribution in [-0.2, 0) is 11.2 Å². The summed E-state index contributed by atoms with van der Waals surface area (Å²) in [4.78, 5) is 23.8. The van der Waals surface area contributed by atoms with Gasteiger partial charge in [-0.3, -0.25) is 9.59 Å². The van der Waals surface area contributed by atoms with Crippen molar-refractivity contribution in [3.8, 4) is 0 Å². The van der Waals surface area contributed by atoms with E-state index in [1.54, 1.807) is 12.1 Å². The van der Waals surface area contributed by atoms with Crippen molar-refractivity contribution in [3.05, 3.63) is 28.3 Å². The van der Waals surface area contributed by atoms with E-state index >= 15 is 0 Å². The number of hydrogen-bond donors (Lipinski definition) is 2. The van der Waals surface area contributed by atoms with Crippen molar-refractivity contribution in [3.63, 3.8) is 0 Å². The van der Waals surface area contributed by atoms with Crippen LogP contribution < -0.4 is 10.6 Å². The van der Waals surface area contributed by atoms with E-state index in [1.807, 2.05) is 0 Å². The van der Waals surface area contributed by atoms with E-state index < -0.39 is 0 Å². The molecule has 1 saturated heterocycles. The number of carbonyl (C=O) groups is 2. The number of rotatable bonds is 2. The van der Waals surface area contributed by atoms with Gasteiger partial charge in [-0.05, 0) is 37.1 Å². The molecule has 1 aromatic carbocycles. The van der Waals surface area contributed by atoms with Gasteiger partial charge in [-0.1, -0.05) is 11.6 Å². The van der Waals surface area contributed by atoms with Gasteiger partial charge in [0.2, 0.25) is 5.91 Å². The highest BCUT2D eigenvalue weighted by Gasteiger charge is 2.27. The number of benzene rings is 1. The summed E-state index contributed by atoms with van der Waals surface area (Å²) in [5.41, 5.74) is 2.14. The minimum absolute atomic E-state index is 0.00522. The van der Waals surface area contributed by atoms with Gasteiger partial charge in [0, 0.05) is 23.7 Å². The summed E-state index contributed by atoms with van der Waals surface area (Å²) in [5, 5.41) is 6.40. The molecule has 2 aliphatic rings. The van der Waals surface area contributed by atoms with Crippen LogP contribution in [0.15, 0.2) is 12.1 Å². The van der Waals surface area contributed by atoms with Crippen LogP contribution in [0, 0.1) is 5.92 Å². The third-order valence-corrected chi connectivity index (χ3v) is 4.06. The molecule has 5 heteroatoms. The summed E-state index contributed by atoms with van der Waals surface area (Å²) >= 11 is 6.18. The first-order chi connectivity index (χ1) is 9.15. The molecule has 0 saturated carbocycles. The first-order valence-corrected chi connectivity index (χ1v) is 6.90. The van der Waals surface area contributed by atoms with Crippen molar-refractivity contribution in [1.29, 1.82) is 0 Å². The van der Waals surface area contributed by atoms with E-state index in [0.29, 0.717) is 23.6 Å². The molecule has 1 amide bonds. The summed E-state index contributed by atoms with van der Waals surface area (Å²) in [6.07, 6.45) is 2.24. The van der Waals surface area contributed by atoms with Gasteiger partial charge in [0.05, 0.1) is 11.4 Å². The summed E-state index contributed by atoms with van der Waals surface area (Å²) in [6, 6.07) is 3.46. The molecule has 1 unspecified atom stereocenters. The Balaban J connectivity index is 1.90. The topological polar surface area (TPSA) is 58.2 Å². The van der Waals surface area contributed by atoms with Gasteiger partial charge in [0.15, 0.2) is 5.78 Å². The molecule has 0 radical (unpaired) electrons. The second-order valence-electron chi connectivity index (χ2n) is 5.12. The molecule has 0 aliphatic carbocycles. The molecule has 100 valence electrons. The number of hydrogen-bond acceptors (Lipinski definition) is 3. The highest BCUT2D eigenvalue weighted by atomic mass is 35.5. The number of Topliss-reactive ketones (excluding diaryl/α,β-unsaturated/α-hetero) is 1. The van der Waals surface area contributed by atoms with Gasteiger partial charge in [-0.2, -0.15) is 0 Å². The Kier molecular flexibility index (Phi) is 3.29. The zero-order valence-corrected chi connectivity index (χ0v) is 11.2. The first kappa shape index (κ1) is 12.6. The summed E-state index contributed by atoms with van der Waals surface area (Å²) in [6.45, 7) is 1.68. The average Bonchev–Trinajstić information content (AvgIpc) is 2.77. The summed E-state index contributed by atoms with van der Waals surface area (Å²) in [5.74, 6) is 0.0312. The second-order valence-corrected chi connectivity index (χ2v) is 5.53. The molecule has 3 rings (SSSR count). The number of piperidine rings is 1. The fourth-order valence-electron chi connectivity index (χ4n) is 2.73. The minimum atomic E-state index is -0.0463. The smallest absolute Gasteiger partial charge is 0.228 e. The van der Waals surface area contributed by atoms with E-state index in [0.717, 1.165) is 30.6 Å². The number of halogens is 1. The van der Waals surface area contributed by atoms with Crippen LogP contribution in [0.4, 0.5) is 5.69 Å². The van der Waals surface area contributed by atoms with Crippen LogP contribution in [0.25, 0.3) is 0 Å². The highest BCUT2D eigenvalue weighted by molar-refractivity contribution is 6.34. The molecule has 0 spiro atoms. The number of nitrogens with one attached hydrogen (secondary N) is 2. The van der Waals surface area contributed by atoms with Crippen LogP contribution in [0.3, 0.4) is 0 Å². The molecule has 1 atom stereocenters. The van der Waals surface area contributed by atoms with Crippen LogP contribution >= 0.6 is 11.6 Å². The number of anilines is 1. The first-order valence-electron chi connectivity index (χ1n) is 6.52. The van der Waals surface area contributed by atoms with E-state index in [2.05, 4.69) is 10.6 Å². The predicted octanol–water partition coefficient (Wildman–Crippen LogP) is 2.02. The van der Waals surface area contributed by atoms with E-state index in [9.17, 15) is 9.59 Å². The maximum atomic E-state index is 12.5. The lowest BCUT2D eigenvalue weighted by atomic mass is 9.90. The van der Waals surface area contributed by atoms with Gasteiger partial charge >= 0.3 is 0 Å². The largest absolute Gasteiger partial charge is 0.325 e. The average molecular weight is 279 g/mol. The fourth-order valence-corrected chi connectivity index (χ4v) is 2.99. The minimum Gasteiger partial charge on any atom is -0.325 e. The molecular weight excluding hydrogens is 264 g/mol. The maximum Gasteiger partial charge on any atom is 0.228 e. The van der Waals surface area contributed by atoms with Crippen molar-refractivity contribution in [2.75, 3.05) is 18.4 Å². The summed E-state index contributed by atoms with van der Waals surface area (Å²) in [7, 11) is 0. The third kappa shape index (κ3) is 2.38. The maximum absolute atomic E-state index is 12.5. The van der Waals surface area contributed by atoms with Crippen LogP contribution in [-0.4, -0.2) is 24.8 Å². The molecule has 2 aliphatic heterocycles. The van der Waals surface area contributed by atoms with Crippen LogP contribution in [0.5, 0.6) is 0 Å². The molecular formula is C14H15ClN2O2. The van der Waals surface area contributed by atoms with E-state index in [1.165, 1.54) is 0 Å². The predicted molar refractivity (Wildman–Crippen MR) is 73.7 cm³/mol. The molecule has 1 aromatic rings. The lowest BCUT2D eigenvalue weighted by Crippen LogP contribution is -2.34. The van der Waals surface area contributed by atoms with Gasteiger partial charge in [0.25, 0.3) is 0 Å². The van der Waals surface area contributed by atoms with Gasteiger partial charge in [0.1, 0.15) is 0 Å². The molecule has 2 N–H and O–H groups in total. The van der Waals surface area contributed by atoms with Crippen molar-refractivity contribution in [1.82, 2.24) is 5.32 Å². The Bertz CT molecular complexity index is 551. The standard InChI is InChI=1S/C14H15ClN2O2/c15-11-6-12-9(5-13(18)17-12)4-10(11)14(19)8-2-1-3-16-7-8/h4,6,8,16H,1-3,5,7H2,(H,17,18). The monoisotopic (exact) mass is 278 g/mol. The number of carbonyl (C=O) groups excluding carboxylic acids is 2. The van der Waals surface area contributed by atoms with Crippen LogP contribution in [0.1, 0.15) is 28.8 Å². The molecule has 1 fully saturated rings.